The molecule has 15 heavy (non-hydrogen) atoms. The lowest BCUT2D eigenvalue weighted by Gasteiger charge is -2.20. The van der Waals surface area contributed by atoms with Crippen molar-refractivity contribution in [3.63, 3.8) is 0 Å². The van der Waals surface area contributed by atoms with Crippen LogP contribution in [0.15, 0.2) is 18.3 Å². The van der Waals surface area contributed by atoms with Crippen LogP contribution in [0, 0.1) is 5.41 Å². The summed E-state index contributed by atoms with van der Waals surface area (Å²) in [5, 5.41) is 10.4. The van der Waals surface area contributed by atoms with Crippen LogP contribution >= 0.6 is 11.6 Å². The molecule has 0 fully saturated rings. The number of pyridine rings is 1. The van der Waals surface area contributed by atoms with Crippen LogP contribution in [0.2, 0.25) is 5.15 Å². The smallest absolute Gasteiger partial charge is 0.129 e. The molecule has 0 amide bonds. The number of halogens is 1. The number of aliphatic hydroxyl groups excluding tert-OH is 1. The predicted molar refractivity (Wildman–Crippen MR) is 62.9 cm³/mol. The van der Waals surface area contributed by atoms with Gasteiger partial charge in [-0.25, -0.2) is 4.98 Å². The first-order valence-electron chi connectivity index (χ1n) is 5.18. The molecule has 1 rings (SSSR count). The second kappa shape index (κ2) is 4.95. The first kappa shape index (κ1) is 12.5. The summed E-state index contributed by atoms with van der Waals surface area (Å²) in [6.45, 7) is 6.50. The van der Waals surface area contributed by atoms with Gasteiger partial charge in [-0.15, -0.1) is 0 Å². The average molecular weight is 228 g/mol. The van der Waals surface area contributed by atoms with Gasteiger partial charge in [0.05, 0.1) is 6.10 Å². The standard InChI is InChI=1S/C12H18ClNO/c1-12(2,3)6-4-10(15)9-5-7-14-11(13)8-9/h5,7-8,10,15H,4,6H2,1-3H3. The van der Waals surface area contributed by atoms with Crippen molar-refractivity contribution in [3.05, 3.63) is 29.0 Å². The Kier molecular flexibility index (Phi) is 4.12. The van der Waals surface area contributed by atoms with E-state index in [-0.39, 0.29) is 5.41 Å². The molecule has 1 N–H and O–H groups in total. The molecule has 0 spiro atoms. The van der Waals surface area contributed by atoms with Crippen molar-refractivity contribution in [2.45, 2.75) is 39.7 Å². The molecule has 0 bridgehead atoms. The zero-order chi connectivity index (χ0) is 11.5. The van der Waals surface area contributed by atoms with Crippen LogP contribution in [0.1, 0.15) is 45.3 Å². The number of aromatic nitrogens is 1. The van der Waals surface area contributed by atoms with Gasteiger partial charge >= 0.3 is 0 Å². The molecule has 1 unspecified atom stereocenters. The molecular weight excluding hydrogens is 210 g/mol. The van der Waals surface area contributed by atoms with Crippen molar-refractivity contribution in [1.82, 2.24) is 4.98 Å². The van der Waals surface area contributed by atoms with Gasteiger partial charge in [-0.1, -0.05) is 32.4 Å². The number of rotatable bonds is 3. The summed E-state index contributed by atoms with van der Waals surface area (Å²) < 4.78 is 0. The van der Waals surface area contributed by atoms with Crippen LogP contribution in [-0.4, -0.2) is 10.1 Å². The highest BCUT2D eigenvalue weighted by Crippen LogP contribution is 2.27. The molecule has 2 nitrogen and oxygen atoms in total. The van der Waals surface area contributed by atoms with Crippen LogP contribution in [0.3, 0.4) is 0 Å². The third-order valence-electron chi connectivity index (χ3n) is 2.30. The molecule has 0 saturated heterocycles. The van der Waals surface area contributed by atoms with E-state index in [2.05, 4.69) is 25.8 Å². The lowest BCUT2D eigenvalue weighted by molar-refractivity contribution is 0.147. The van der Waals surface area contributed by atoms with Crippen molar-refractivity contribution >= 4 is 11.6 Å². The quantitative estimate of drug-likeness (QED) is 0.801. The molecular formula is C12H18ClNO. The second-order valence-corrected chi connectivity index (χ2v) is 5.41. The maximum Gasteiger partial charge on any atom is 0.129 e. The van der Waals surface area contributed by atoms with Crippen molar-refractivity contribution in [2.75, 3.05) is 0 Å². The summed E-state index contributed by atoms with van der Waals surface area (Å²) in [4.78, 5) is 3.89. The fourth-order valence-electron chi connectivity index (χ4n) is 1.36. The normalized spacial score (nSPS) is 13.9. The lowest BCUT2D eigenvalue weighted by atomic mass is 9.88. The van der Waals surface area contributed by atoms with Crippen LogP contribution in [-0.2, 0) is 0 Å². The van der Waals surface area contributed by atoms with Crippen molar-refractivity contribution in [1.29, 1.82) is 0 Å². The Bertz CT molecular complexity index is 320. The lowest BCUT2D eigenvalue weighted by Crippen LogP contribution is -2.08. The van der Waals surface area contributed by atoms with Crippen LogP contribution < -0.4 is 0 Å². The highest BCUT2D eigenvalue weighted by Gasteiger charge is 2.14. The first-order chi connectivity index (χ1) is 6.88. The van der Waals surface area contributed by atoms with E-state index in [0.717, 1.165) is 18.4 Å². The summed E-state index contributed by atoms with van der Waals surface area (Å²) in [6.07, 6.45) is 2.92. The van der Waals surface area contributed by atoms with Crippen LogP contribution in [0.25, 0.3) is 0 Å². The molecule has 0 aliphatic carbocycles. The molecule has 0 aliphatic rings. The third-order valence-corrected chi connectivity index (χ3v) is 2.51. The summed E-state index contributed by atoms with van der Waals surface area (Å²) in [5.41, 5.74) is 1.09. The Hall–Kier alpha value is -0.600. The van der Waals surface area contributed by atoms with Gasteiger partial charge in [0.1, 0.15) is 5.15 Å². The minimum Gasteiger partial charge on any atom is -0.388 e. The van der Waals surface area contributed by atoms with E-state index in [1.165, 1.54) is 0 Å². The third kappa shape index (κ3) is 4.63. The van der Waals surface area contributed by atoms with Gasteiger partial charge in [-0.2, -0.15) is 0 Å². The van der Waals surface area contributed by atoms with E-state index in [4.69, 9.17) is 11.6 Å². The zero-order valence-corrected chi connectivity index (χ0v) is 10.3. The van der Waals surface area contributed by atoms with Gasteiger partial charge in [0.15, 0.2) is 0 Å². The minimum atomic E-state index is -0.440. The van der Waals surface area contributed by atoms with Crippen molar-refractivity contribution in [3.8, 4) is 0 Å². The molecule has 0 aromatic carbocycles. The van der Waals surface area contributed by atoms with Crippen molar-refractivity contribution in [2.24, 2.45) is 5.41 Å². The maximum absolute atomic E-state index is 9.92. The number of hydrogen-bond donors (Lipinski definition) is 1. The Morgan fingerprint density at radius 1 is 1.47 bits per heavy atom. The molecule has 1 heterocycles. The van der Waals surface area contributed by atoms with Crippen LogP contribution in [0.4, 0.5) is 0 Å². The van der Waals surface area contributed by atoms with Gasteiger partial charge in [-0.05, 0) is 36.0 Å². The molecule has 1 aromatic rings. The monoisotopic (exact) mass is 227 g/mol. The SMILES string of the molecule is CC(C)(C)CCC(O)c1ccnc(Cl)c1. The molecule has 84 valence electrons. The number of nitrogens with zero attached hydrogens (tertiary/aromatic N) is 1. The van der Waals surface area contributed by atoms with Crippen LogP contribution in [0.5, 0.6) is 0 Å². The number of aliphatic hydroxyl groups is 1. The average Bonchev–Trinajstić information content (AvgIpc) is 2.13. The fourth-order valence-corrected chi connectivity index (χ4v) is 1.54. The highest BCUT2D eigenvalue weighted by molar-refractivity contribution is 6.29. The largest absolute Gasteiger partial charge is 0.388 e. The molecule has 0 saturated carbocycles. The summed E-state index contributed by atoms with van der Waals surface area (Å²) in [6, 6.07) is 3.52. The zero-order valence-electron chi connectivity index (χ0n) is 9.50. The van der Waals surface area contributed by atoms with E-state index >= 15 is 0 Å². The second-order valence-electron chi connectivity index (χ2n) is 5.03. The Labute approximate surface area is 96.3 Å². The molecule has 1 aromatic heterocycles. The number of hydrogen-bond acceptors (Lipinski definition) is 2. The summed E-state index contributed by atoms with van der Waals surface area (Å²) >= 11 is 5.76. The molecule has 3 heteroatoms. The first-order valence-corrected chi connectivity index (χ1v) is 5.56. The van der Waals surface area contributed by atoms with E-state index in [0.29, 0.717) is 5.15 Å². The Balaban J connectivity index is 2.58. The van der Waals surface area contributed by atoms with Gasteiger partial charge < -0.3 is 5.11 Å². The van der Waals surface area contributed by atoms with E-state index < -0.39 is 6.10 Å². The van der Waals surface area contributed by atoms with E-state index in [1.54, 1.807) is 18.3 Å². The minimum absolute atomic E-state index is 0.248. The summed E-state index contributed by atoms with van der Waals surface area (Å²) in [7, 11) is 0. The Morgan fingerprint density at radius 3 is 2.67 bits per heavy atom. The topological polar surface area (TPSA) is 33.1 Å². The predicted octanol–water partition coefficient (Wildman–Crippen LogP) is 3.59. The van der Waals surface area contributed by atoms with Gasteiger partial charge in [0, 0.05) is 6.20 Å². The van der Waals surface area contributed by atoms with Gasteiger partial charge in [0.2, 0.25) is 0 Å². The van der Waals surface area contributed by atoms with E-state index in [1.807, 2.05) is 0 Å². The highest BCUT2D eigenvalue weighted by atomic mass is 35.5. The molecule has 0 aliphatic heterocycles. The fraction of sp³-hybridized carbons (Fsp3) is 0.583. The summed E-state index contributed by atoms with van der Waals surface area (Å²) in [5.74, 6) is 0. The van der Waals surface area contributed by atoms with Crippen molar-refractivity contribution < 1.29 is 5.11 Å². The molecule has 0 radical (unpaired) electrons. The maximum atomic E-state index is 9.92. The van der Waals surface area contributed by atoms with Gasteiger partial charge in [-0.3, -0.25) is 0 Å². The Morgan fingerprint density at radius 2 is 2.13 bits per heavy atom. The molecule has 1 atom stereocenters. The van der Waals surface area contributed by atoms with Gasteiger partial charge in [0.25, 0.3) is 0 Å². The van der Waals surface area contributed by atoms with E-state index in [9.17, 15) is 5.11 Å².